The lowest BCUT2D eigenvalue weighted by atomic mass is 10.1. The van der Waals surface area contributed by atoms with Crippen molar-refractivity contribution in [3.05, 3.63) is 35.7 Å². The molecule has 1 amide bonds. The van der Waals surface area contributed by atoms with Gasteiger partial charge in [-0.3, -0.25) is 4.79 Å². The first-order chi connectivity index (χ1) is 13.6. The van der Waals surface area contributed by atoms with Gasteiger partial charge in [-0.25, -0.2) is 4.68 Å². The SMILES string of the molecule is COc1cc(/C=C/C(=O)N2CC(n3cc(C4CC4)nn3)C2)cc(OC)c1OC. The Hall–Kier alpha value is -3.03. The number of amides is 1. The summed E-state index contributed by atoms with van der Waals surface area (Å²) in [5.41, 5.74) is 1.87. The smallest absolute Gasteiger partial charge is 0.246 e. The molecule has 1 aromatic carbocycles. The van der Waals surface area contributed by atoms with E-state index < -0.39 is 0 Å². The molecule has 2 aliphatic rings. The molecule has 8 nitrogen and oxygen atoms in total. The molecule has 2 heterocycles. The lowest BCUT2D eigenvalue weighted by molar-refractivity contribution is -0.131. The quantitative estimate of drug-likeness (QED) is 0.682. The van der Waals surface area contributed by atoms with Crippen molar-refractivity contribution in [1.82, 2.24) is 19.9 Å². The molecule has 8 heteroatoms. The van der Waals surface area contributed by atoms with E-state index in [2.05, 4.69) is 10.3 Å². The summed E-state index contributed by atoms with van der Waals surface area (Å²) in [7, 11) is 4.69. The number of likely N-dealkylation sites (tertiary alicyclic amines) is 1. The van der Waals surface area contributed by atoms with Crippen LogP contribution in [0, 0.1) is 0 Å². The molecule has 28 heavy (non-hydrogen) atoms. The van der Waals surface area contributed by atoms with Crippen LogP contribution >= 0.6 is 0 Å². The van der Waals surface area contributed by atoms with Crippen molar-refractivity contribution >= 4 is 12.0 Å². The van der Waals surface area contributed by atoms with Crippen molar-refractivity contribution in [2.45, 2.75) is 24.8 Å². The predicted molar refractivity (Wildman–Crippen MR) is 103 cm³/mol. The molecule has 1 saturated heterocycles. The number of carbonyl (C=O) groups excluding carboxylic acids is 1. The zero-order chi connectivity index (χ0) is 19.7. The van der Waals surface area contributed by atoms with E-state index in [0.717, 1.165) is 11.3 Å². The van der Waals surface area contributed by atoms with Gasteiger partial charge in [-0.15, -0.1) is 5.10 Å². The second-order valence-corrected chi connectivity index (χ2v) is 7.09. The molecule has 0 radical (unpaired) electrons. The van der Waals surface area contributed by atoms with Gasteiger partial charge in [0.15, 0.2) is 11.5 Å². The molecule has 1 aliphatic heterocycles. The second-order valence-electron chi connectivity index (χ2n) is 7.09. The summed E-state index contributed by atoms with van der Waals surface area (Å²) in [5, 5.41) is 8.45. The van der Waals surface area contributed by atoms with E-state index in [1.54, 1.807) is 50.5 Å². The van der Waals surface area contributed by atoms with Crippen molar-refractivity contribution in [2.24, 2.45) is 0 Å². The maximum absolute atomic E-state index is 12.4. The molecule has 1 aliphatic carbocycles. The van der Waals surface area contributed by atoms with E-state index >= 15 is 0 Å². The average Bonchev–Trinajstić information content (AvgIpc) is 3.42. The first kappa shape index (κ1) is 18.3. The number of methoxy groups -OCH3 is 3. The third kappa shape index (κ3) is 3.54. The molecule has 1 saturated carbocycles. The topological polar surface area (TPSA) is 78.7 Å². The van der Waals surface area contributed by atoms with E-state index in [0.29, 0.717) is 36.3 Å². The molecule has 0 unspecified atom stereocenters. The Morgan fingerprint density at radius 3 is 2.36 bits per heavy atom. The number of nitrogens with zero attached hydrogens (tertiary/aromatic N) is 4. The van der Waals surface area contributed by atoms with Gasteiger partial charge < -0.3 is 19.1 Å². The van der Waals surface area contributed by atoms with Crippen LogP contribution in [-0.4, -0.2) is 60.2 Å². The van der Waals surface area contributed by atoms with Crippen LogP contribution in [0.2, 0.25) is 0 Å². The van der Waals surface area contributed by atoms with Crippen molar-refractivity contribution in [1.29, 1.82) is 0 Å². The normalized spacial score (nSPS) is 16.9. The summed E-state index contributed by atoms with van der Waals surface area (Å²) in [6.07, 6.45) is 7.75. The van der Waals surface area contributed by atoms with Gasteiger partial charge in [-0.2, -0.15) is 0 Å². The summed E-state index contributed by atoms with van der Waals surface area (Å²) >= 11 is 0. The van der Waals surface area contributed by atoms with Crippen LogP contribution in [0.25, 0.3) is 6.08 Å². The molecule has 2 fully saturated rings. The van der Waals surface area contributed by atoms with Crippen molar-refractivity contribution < 1.29 is 19.0 Å². The lowest BCUT2D eigenvalue weighted by Crippen LogP contribution is -2.50. The molecular weight excluding hydrogens is 360 g/mol. The molecule has 148 valence electrons. The Labute approximate surface area is 163 Å². The third-order valence-electron chi connectivity index (χ3n) is 5.18. The minimum absolute atomic E-state index is 0.0347. The number of benzene rings is 1. The minimum atomic E-state index is -0.0347. The van der Waals surface area contributed by atoms with E-state index in [1.165, 1.54) is 12.8 Å². The van der Waals surface area contributed by atoms with Crippen LogP contribution in [0.1, 0.15) is 36.1 Å². The predicted octanol–water partition coefficient (Wildman–Crippen LogP) is 2.28. The maximum atomic E-state index is 12.4. The van der Waals surface area contributed by atoms with Crippen molar-refractivity contribution in [2.75, 3.05) is 34.4 Å². The molecular formula is C20H24N4O4. The van der Waals surface area contributed by atoms with Gasteiger partial charge in [-0.05, 0) is 36.6 Å². The monoisotopic (exact) mass is 384 g/mol. The Bertz CT molecular complexity index is 872. The molecule has 2 aromatic rings. The fraction of sp³-hybridized carbons (Fsp3) is 0.450. The van der Waals surface area contributed by atoms with Crippen LogP contribution in [0.15, 0.2) is 24.4 Å². The molecule has 0 atom stereocenters. The molecule has 0 bridgehead atoms. The average molecular weight is 384 g/mol. The highest BCUT2D eigenvalue weighted by atomic mass is 16.5. The van der Waals surface area contributed by atoms with E-state index in [-0.39, 0.29) is 11.9 Å². The number of aromatic nitrogens is 3. The zero-order valence-corrected chi connectivity index (χ0v) is 16.3. The second kappa shape index (κ2) is 7.53. The summed E-state index contributed by atoms with van der Waals surface area (Å²) in [6, 6.07) is 3.82. The van der Waals surface area contributed by atoms with E-state index in [9.17, 15) is 4.79 Å². The first-order valence-corrected chi connectivity index (χ1v) is 9.31. The van der Waals surface area contributed by atoms with E-state index in [1.807, 2.05) is 10.9 Å². The van der Waals surface area contributed by atoms with Crippen LogP contribution in [-0.2, 0) is 4.79 Å². The summed E-state index contributed by atoms with van der Waals surface area (Å²) in [5.74, 6) is 2.18. The Kier molecular flexibility index (Phi) is 4.93. The highest BCUT2D eigenvalue weighted by Gasteiger charge is 2.33. The summed E-state index contributed by atoms with van der Waals surface area (Å²) in [6.45, 7) is 1.29. The van der Waals surface area contributed by atoms with Crippen LogP contribution in [0.5, 0.6) is 17.2 Å². The van der Waals surface area contributed by atoms with Gasteiger partial charge in [0, 0.05) is 31.3 Å². The van der Waals surface area contributed by atoms with Crippen LogP contribution < -0.4 is 14.2 Å². The fourth-order valence-corrected chi connectivity index (χ4v) is 3.31. The molecule has 4 rings (SSSR count). The lowest BCUT2D eigenvalue weighted by Gasteiger charge is -2.38. The van der Waals surface area contributed by atoms with E-state index in [4.69, 9.17) is 14.2 Å². The van der Waals surface area contributed by atoms with Crippen LogP contribution in [0.3, 0.4) is 0 Å². The number of carbonyl (C=O) groups is 1. The Morgan fingerprint density at radius 1 is 1.11 bits per heavy atom. The van der Waals surface area contributed by atoms with Crippen molar-refractivity contribution in [3.8, 4) is 17.2 Å². The zero-order valence-electron chi connectivity index (χ0n) is 16.3. The molecule has 0 spiro atoms. The van der Waals surface area contributed by atoms with Gasteiger partial charge >= 0.3 is 0 Å². The number of hydrogen-bond acceptors (Lipinski definition) is 6. The highest BCUT2D eigenvalue weighted by molar-refractivity contribution is 5.92. The van der Waals surface area contributed by atoms with Gasteiger partial charge in [0.1, 0.15) is 0 Å². The minimum Gasteiger partial charge on any atom is -0.493 e. The van der Waals surface area contributed by atoms with Crippen molar-refractivity contribution in [3.63, 3.8) is 0 Å². The maximum Gasteiger partial charge on any atom is 0.246 e. The largest absolute Gasteiger partial charge is 0.493 e. The highest BCUT2D eigenvalue weighted by Crippen LogP contribution is 2.39. The summed E-state index contributed by atoms with van der Waals surface area (Å²) in [4.78, 5) is 14.2. The number of rotatable bonds is 7. The van der Waals surface area contributed by atoms with Crippen LogP contribution in [0.4, 0.5) is 0 Å². The van der Waals surface area contributed by atoms with Gasteiger partial charge in [0.05, 0.1) is 33.1 Å². The Balaban J connectivity index is 1.38. The Morgan fingerprint density at radius 2 is 1.79 bits per heavy atom. The van der Waals surface area contributed by atoms with Gasteiger partial charge in [0.25, 0.3) is 0 Å². The van der Waals surface area contributed by atoms with Gasteiger partial charge in [-0.1, -0.05) is 5.21 Å². The number of hydrogen-bond donors (Lipinski definition) is 0. The summed E-state index contributed by atoms with van der Waals surface area (Å²) < 4.78 is 17.9. The fourth-order valence-electron chi connectivity index (χ4n) is 3.31. The molecule has 1 aromatic heterocycles. The molecule has 0 N–H and O–H groups in total. The standard InChI is InChI=1S/C20H24N4O4/c1-26-17-8-13(9-18(27-2)20(17)28-3)4-7-19(25)23-10-15(11-23)24-12-16(21-22-24)14-5-6-14/h4,7-9,12,14-15H,5-6,10-11H2,1-3H3/b7-4+. The van der Waals surface area contributed by atoms with Gasteiger partial charge in [0.2, 0.25) is 11.7 Å². The number of ether oxygens (including phenoxy) is 3. The first-order valence-electron chi connectivity index (χ1n) is 9.31. The third-order valence-corrected chi connectivity index (χ3v) is 5.18.